The van der Waals surface area contributed by atoms with E-state index >= 15 is 0 Å². The molecule has 2 amide bonds. The lowest BCUT2D eigenvalue weighted by Crippen LogP contribution is -2.59. The maximum atomic E-state index is 12.7. The van der Waals surface area contributed by atoms with Crippen molar-refractivity contribution in [3.05, 3.63) is 47.3 Å². The minimum absolute atomic E-state index is 0.0489. The van der Waals surface area contributed by atoms with E-state index in [2.05, 4.69) is 0 Å². The Kier molecular flexibility index (Phi) is 4.22. The minimum Gasteiger partial charge on any atom is -0.469 e. The van der Waals surface area contributed by atoms with E-state index in [1.807, 2.05) is 23.6 Å². The van der Waals surface area contributed by atoms with Crippen molar-refractivity contribution in [1.29, 1.82) is 0 Å². The average molecular weight is 330 g/mol. The van der Waals surface area contributed by atoms with E-state index in [-0.39, 0.29) is 23.9 Å². The highest BCUT2D eigenvalue weighted by Gasteiger charge is 2.36. The Morgan fingerprint density at radius 2 is 1.25 bits per heavy atom. The molecule has 2 aromatic rings. The van der Waals surface area contributed by atoms with Gasteiger partial charge in [-0.05, 0) is 39.8 Å². The van der Waals surface area contributed by atoms with Gasteiger partial charge in [-0.2, -0.15) is 0 Å². The zero-order valence-corrected chi connectivity index (χ0v) is 14.4. The maximum absolute atomic E-state index is 12.7. The van der Waals surface area contributed by atoms with Crippen LogP contribution in [-0.2, 0) is 0 Å². The molecule has 1 fully saturated rings. The van der Waals surface area contributed by atoms with Crippen LogP contribution in [0.4, 0.5) is 0 Å². The van der Waals surface area contributed by atoms with Gasteiger partial charge in [0.15, 0.2) is 0 Å². The Hall–Kier alpha value is -2.50. The summed E-state index contributed by atoms with van der Waals surface area (Å²) in [5.74, 6) is 1.14. The molecule has 24 heavy (non-hydrogen) atoms. The monoisotopic (exact) mass is 330 g/mol. The Morgan fingerprint density at radius 3 is 1.54 bits per heavy atom. The predicted octanol–water partition coefficient (Wildman–Crippen LogP) is 2.86. The van der Waals surface area contributed by atoms with Crippen LogP contribution in [0, 0.1) is 13.8 Å². The Morgan fingerprint density at radius 1 is 0.875 bits per heavy atom. The number of carbonyl (C=O) groups excluding carboxylic acids is 2. The van der Waals surface area contributed by atoms with Gasteiger partial charge in [-0.25, -0.2) is 0 Å². The van der Waals surface area contributed by atoms with Gasteiger partial charge in [0.1, 0.15) is 11.5 Å². The van der Waals surface area contributed by atoms with Crippen molar-refractivity contribution in [3.63, 3.8) is 0 Å². The number of carbonyl (C=O) groups is 2. The lowest BCUT2D eigenvalue weighted by molar-refractivity contribution is 0.0268. The van der Waals surface area contributed by atoms with Crippen LogP contribution >= 0.6 is 0 Å². The number of piperazine rings is 1. The molecule has 3 rings (SSSR count). The van der Waals surface area contributed by atoms with Gasteiger partial charge in [0, 0.05) is 25.2 Å². The van der Waals surface area contributed by atoms with E-state index in [9.17, 15) is 9.59 Å². The number of furan rings is 2. The van der Waals surface area contributed by atoms with Crippen molar-refractivity contribution in [3.8, 4) is 0 Å². The molecule has 0 N–H and O–H groups in total. The standard InChI is InChI=1S/C18H22N2O4/c1-11-9-20(18(22)16-6-8-24-14(16)4)12(2)10-19(11)17(21)15-5-7-23-13(15)3/h5-8,11-12H,9-10H2,1-4H3. The zero-order chi connectivity index (χ0) is 17.4. The minimum atomic E-state index is -0.0702. The number of hydrogen-bond acceptors (Lipinski definition) is 4. The quantitative estimate of drug-likeness (QED) is 0.849. The smallest absolute Gasteiger partial charge is 0.257 e. The molecule has 128 valence electrons. The van der Waals surface area contributed by atoms with Gasteiger partial charge in [-0.3, -0.25) is 9.59 Å². The van der Waals surface area contributed by atoms with E-state index in [4.69, 9.17) is 8.83 Å². The molecule has 0 bridgehead atoms. The van der Waals surface area contributed by atoms with Gasteiger partial charge in [0.25, 0.3) is 11.8 Å². The van der Waals surface area contributed by atoms with E-state index in [1.165, 1.54) is 12.5 Å². The number of hydrogen-bond donors (Lipinski definition) is 0. The molecule has 3 heterocycles. The van der Waals surface area contributed by atoms with E-state index in [0.717, 1.165) is 0 Å². The first-order valence-electron chi connectivity index (χ1n) is 8.10. The first-order chi connectivity index (χ1) is 11.4. The number of amides is 2. The number of aryl methyl sites for hydroxylation is 2. The highest BCUT2D eigenvalue weighted by atomic mass is 16.3. The molecule has 0 spiro atoms. The van der Waals surface area contributed by atoms with Gasteiger partial charge in [-0.1, -0.05) is 0 Å². The van der Waals surface area contributed by atoms with Crippen LogP contribution in [0.5, 0.6) is 0 Å². The third-order valence-electron chi connectivity index (χ3n) is 4.69. The fourth-order valence-corrected chi connectivity index (χ4v) is 3.22. The van der Waals surface area contributed by atoms with E-state index < -0.39 is 0 Å². The van der Waals surface area contributed by atoms with Crippen LogP contribution in [-0.4, -0.2) is 46.8 Å². The van der Waals surface area contributed by atoms with Gasteiger partial charge in [-0.15, -0.1) is 0 Å². The number of nitrogens with zero attached hydrogens (tertiary/aromatic N) is 2. The summed E-state index contributed by atoms with van der Waals surface area (Å²) in [5, 5.41) is 0. The topological polar surface area (TPSA) is 66.9 Å². The highest BCUT2D eigenvalue weighted by molar-refractivity contribution is 5.97. The second-order valence-corrected chi connectivity index (χ2v) is 6.39. The fourth-order valence-electron chi connectivity index (χ4n) is 3.22. The summed E-state index contributed by atoms with van der Waals surface area (Å²) in [5.41, 5.74) is 1.17. The first kappa shape index (κ1) is 16.4. The van der Waals surface area contributed by atoms with Crippen LogP contribution in [0.15, 0.2) is 33.5 Å². The summed E-state index contributed by atoms with van der Waals surface area (Å²) in [6, 6.07) is 3.25. The van der Waals surface area contributed by atoms with Crippen LogP contribution in [0.2, 0.25) is 0 Å². The van der Waals surface area contributed by atoms with Crippen molar-refractivity contribution >= 4 is 11.8 Å². The Bertz CT molecular complexity index is 696. The molecule has 2 aromatic heterocycles. The molecule has 2 atom stereocenters. The largest absolute Gasteiger partial charge is 0.469 e. The van der Waals surface area contributed by atoms with Gasteiger partial charge >= 0.3 is 0 Å². The summed E-state index contributed by atoms with van der Waals surface area (Å²) in [7, 11) is 0. The van der Waals surface area contributed by atoms with Crippen LogP contribution < -0.4 is 0 Å². The van der Waals surface area contributed by atoms with E-state index in [1.54, 1.807) is 26.0 Å². The Balaban J connectivity index is 1.77. The summed E-state index contributed by atoms with van der Waals surface area (Å²) >= 11 is 0. The molecule has 0 aliphatic carbocycles. The molecule has 1 aliphatic rings. The molecule has 0 saturated carbocycles. The van der Waals surface area contributed by atoms with Crippen LogP contribution in [0.3, 0.4) is 0 Å². The first-order valence-corrected chi connectivity index (χ1v) is 8.10. The van der Waals surface area contributed by atoms with Crippen LogP contribution in [0.1, 0.15) is 46.1 Å². The Labute approximate surface area is 141 Å². The van der Waals surface area contributed by atoms with Crippen molar-refractivity contribution in [1.82, 2.24) is 9.80 Å². The van der Waals surface area contributed by atoms with Crippen molar-refractivity contribution in [2.24, 2.45) is 0 Å². The molecular formula is C18H22N2O4. The molecule has 1 aliphatic heterocycles. The second-order valence-electron chi connectivity index (χ2n) is 6.39. The SMILES string of the molecule is Cc1occc1C(=O)N1CC(C)N(C(=O)c2ccoc2C)CC1C. The fraction of sp³-hybridized carbons (Fsp3) is 0.444. The summed E-state index contributed by atoms with van der Waals surface area (Å²) in [6.45, 7) is 8.47. The molecule has 6 nitrogen and oxygen atoms in total. The van der Waals surface area contributed by atoms with Crippen molar-refractivity contribution < 1.29 is 18.4 Å². The molecule has 0 aromatic carbocycles. The van der Waals surface area contributed by atoms with Gasteiger partial charge in [0.2, 0.25) is 0 Å². The van der Waals surface area contributed by atoms with Crippen molar-refractivity contribution in [2.75, 3.05) is 13.1 Å². The van der Waals surface area contributed by atoms with Crippen LogP contribution in [0.25, 0.3) is 0 Å². The third-order valence-corrected chi connectivity index (χ3v) is 4.69. The predicted molar refractivity (Wildman–Crippen MR) is 87.9 cm³/mol. The molecule has 1 saturated heterocycles. The van der Waals surface area contributed by atoms with Gasteiger partial charge in [0.05, 0.1) is 23.7 Å². The number of rotatable bonds is 2. The zero-order valence-electron chi connectivity index (χ0n) is 14.4. The maximum Gasteiger partial charge on any atom is 0.257 e. The lowest BCUT2D eigenvalue weighted by Gasteiger charge is -2.44. The summed E-state index contributed by atoms with van der Waals surface area (Å²) < 4.78 is 10.5. The second kappa shape index (κ2) is 6.19. The summed E-state index contributed by atoms with van der Waals surface area (Å²) in [4.78, 5) is 29.1. The lowest BCUT2D eigenvalue weighted by atomic mass is 10.0. The average Bonchev–Trinajstić information content (AvgIpc) is 3.16. The highest BCUT2D eigenvalue weighted by Crippen LogP contribution is 2.23. The van der Waals surface area contributed by atoms with Gasteiger partial charge < -0.3 is 18.6 Å². The molecule has 6 heteroatoms. The van der Waals surface area contributed by atoms with E-state index in [0.29, 0.717) is 35.7 Å². The molecule has 2 unspecified atom stereocenters. The molecule has 0 radical (unpaired) electrons. The summed E-state index contributed by atoms with van der Waals surface area (Å²) in [6.07, 6.45) is 3.05. The van der Waals surface area contributed by atoms with Crippen molar-refractivity contribution in [2.45, 2.75) is 39.8 Å². The molecular weight excluding hydrogens is 308 g/mol. The third kappa shape index (κ3) is 2.72. The normalized spacial score (nSPS) is 21.2.